The van der Waals surface area contributed by atoms with Crippen molar-refractivity contribution in [2.45, 2.75) is 45.1 Å². The first kappa shape index (κ1) is 25.4. The Kier molecular flexibility index (Phi) is 7.06. The molecule has 0 spiro atoms. The largest absolute Gasteiger partial charge is 0.491 e. The van der Waals surface area contributed by atoms with Gasteiger partial charge in [0.2, 0.25) is 0 Å². The second-order valence-electron chi connectivity index (χ2n) is 11.4. The second kappa shape index (κ2) is 10.3. The maximum absolute atomic E-state index is 13.2. The fourth-order valence-electron chi connectivity index (χ4n) is 5.45. The Morgan fingerprint density at radius 1 is 0.919 bits per heavy atom. The molecule has 0 bridgehead atoms. The lowest BCUT2D eigenvalue weighted by Crippen LogP contribution is -2.46. The molecule has 0 radical (unpaired) electrons. The van der Waals surface area contributed by atoms with Crippen LogP contribution in [0.15, 0.2) is 60.7 Å². The number of aliphatic hydroxyl groups is 1. The van der Waals surface area contributed by atoms with Crippen LogP contribution in [0.3, 0.4) is 0 Å². The van der Waals surface area contributed by atoms with E-state index in [1.165, 1.54) is 10.5 Å². The fraction of sp³-hybridized carbons (Fsp3) is 0.419. The third kappa shape index (κ3) is 5.41. The van der Waals surface area contributed by atoms with Gasteiger partial charge < -0.3 is 14.7 Å². The molecule has 2 heterocycles. The highest BCUT2D eigenvalue weighted by Gasteiger charge is 2.35. The molecule has 0 unspecified atom stereocenters. The highest BCUT2D eigenvalue weighted by molar-refractivity contribution is 6.25. The van der Waals surface area contributed by atoms with Gasteiger partial charge in [0.15, 0.2) is 0 Å². The number of benzene rings is 3. The molecule has 0 aliphatic carbocycles. The molecule has 0 aromatic heterocycles. The SMILES string of the molecule is CC(C)(C)c1ccc(OC[C@H](O)CN2CCC(CN3C(=O)c4cccc5cccc(c45)C3=O)CC2)cc1. The minimum Gasteiger partial charge on any atom is -0.491 e. The van der Waals surface area contributed by atoms with Gasteiger partial charge in [-0.25, -0.2) is 0 Å². The molecule has 1 atom stereocenters. The number of hydrogen-bond acceptors (Lipinski definition) is 5. The van der Waals surface area contributed by atoms with Crippen LogP contribution >= 0.6 is 0 Å². The molecule has 2 aliphatic heterocycles. The summed E-state index contributed by atoms with van der Waals surface area (Å²) >= 11 is 0. The van der Waals surface area contributed by atoms with Crippen LogP contribution in [0.25, 0.3) is 10.8 Å². The lowest BCUT2D eigenvalue weighted by molar-refractivity contribution is 0.0453. The summed E-state index contributed by atoms with van der Waals surface area (Å²) in [7, 11) is 0. The number of imide groups is 1. The van der Waals surface area contributed by atoms with Gasteiger partial charge in [0.05, 0.1) is 0 Å². The normalized spacial score (nSPS) is 17.9. The maximum Gasteiger partial charge on any atom is 0.261 e. The van der Waals surface area contributed by atoms with E-state index in [1.807, 2.05) is 48.5 Å². The van der Waals surface area contributed by atoms with Crippen LogP contribution in [0, 0.1) is 5.92 Å². The predicted molar refractivity (Wildman–Crippen MR) is 145 cm³/mol. The fourth-order valence-corrected chi connectivity index (χ4v) is 5.45. The zero-order chi connectivity index (χ0) is 26.2. The molecular formula is C31H36N2O4. The molecule has 1 fully saturated rings. The van der Waals surface area contributed by atoms with Gasteiger partial charge in [-0.1, -0.05) is 57.2 Å². The topological polar surface area (TPSA) is 70.1 Å². The molecule has 194 valence electrons. The molecule has 2 amide bonds. The first-order chi connectivity index (χ1) is 17.7. The van der Waals surface area contributed by atoms with Gasteiger partial charge in [-0.2, -0.15) is 0 Å². The van der Waals surface area contributed by atoms with Crippen molar-refractivity contribution in [3.63, 3.8) is 0 Å². The molecule has 5 rings (SSSR count). The van der Waals surface area contributed by atoms with Crippen LogP contribution in [-0.2, 0) is 5.41 Å². The summed E-state index contributed by atoms with van der Waals surface area (Å²) in [5.41, 5.74) is 2.57. The number of rotatable bonds is 7. The maximum atomic E-state index is 13.2. The molecule has 6 nitrogen and oxygen atoms in total. The average Bonchev–Trinajstić information content (AvgIpc) is 2.89. The monoisotopic (exact) mass is 500 g/mol. The van der Waals surface area contributed by atoms with E-state index in [0.717, 1.165) is 42.5 Å². The Bertz CT molecular complexity index is 1240. The standard InChI is InChI=1S/C31H36N2O4/c1-31(2,3)23-10-12-25(13-11-23)37-20-24(34)19-32-16-14-21(15-17-32)18-33-29(35)26-8-4-6-22-7-5-9-27(28(22)26)30(33)36/h4-13,21,24,34H,14-20H2,1-3H3/t24-/m1/s1. The Morgan fingerprint density at radius 2 is 1.51 bits per heavy atom. The Morgan fingerprint density at radius 3 is 2.08 bits per heavy atom. The molecule has 6 heteroatoms. The Labute approximate surface area is 218 Å². The van der Waals surface area contributed by atoms with Crippen LogP contribution in [0.4, 0.5) is 0 Å². The van der Waals surface area contributed by atoms with Gasteiger partial charge in [-0.15, -0.1) is 0 Å². The van der Waals surface area contributed by atoms with Crippen molar-refractivity contribution in [1.82, 2.24) is 9.80 Å². The first-order valence-corrected chi connectivity index (χ1v) is 13.2. The lowest BCUT2D eigenvalue weighted by Gasteiger charge is -2.36. The molecule has 0 saturated carbocycles. The average molecular weight is 501 g/mol. The van der Waals surface area contributed by atoms with Gasteiger partial charge in [-0.05, 0) is 72.5 Å². The Balaban J connectivity index is 1.11. The highest BCUT2D eigenvalue weighted by Crippen LogP contribution is 2.31. The summed E-state index contributed by atoms with van der Waals surface area (Å²) in [6, 6.07) is 19.3. The summed E-state index contributed by atoms with van der Waals surface area (Å²) in [5, 5.41) is 12.2. The van der Waals surface area contributed by atoms with Gasteiger partial charge in [0, 0.05) is 29.6 Å². The van der Waals surface area contributed by atoms with Crippen molar-refractivity contribution >= 4 is 22.6 Å². The number of carbonyl (C=O) groups is 2. The summed E-state index contributed by atoms with van der Waals surface area (Å²) in [6.07, 6.45) is 1.18. The van der Waals surface area contributed by atoms with Crippen LogP contribution in [0.2, 0.25) is 0 Å². The third-order valence-electron chi connectivity index (χ3n) is 7.64. The van der Waals surface area contributed by atoms with Gasteiger partial charge in [0.1, 0.15) is 18.5 Å². The summed E-state index contributed by atoms with van der Waals surface area (Å²) < 4.78 is 5.82. The number of likely N-dealkylation sites (tertiary alicyclic amines) is 1. The van der Waals surface area contributed by atoms with Gasteiger partial charge in [-0.3, -0.25) is 14.5 Å². The highest BCUT2D eigenvalue weighted by atomic mass is 16.5. The van der Waals surface area contributed by atoms with Crippen LogP contribution < -0.4 is 4.74 Å². The van der Waals surface area contributed by atoms with E-state index < -0.39 is 6.10 Å². The van der Waals surface area contributed by atoms with E-state index in [2.05, 4.69) is 37.8 Å². The van der Waals surface area contributed by atoms with Gasteiger partial charge >= 0.3 is 0 Å². The van der Waals surface area contributed by atoms with E-state index in [4.69, 9.17) is 4.74 Å². The quantitative estimate of drug-likeness (QED) is 0.468. The number of amides is 2. The van der Waals surface area contributed by atoms with Crippen LogP contribution in [0.1, 0.15) is 59.9 Å². The van der Waals surface area contributed by atoms with E-state index in [-0.39, 0.29) is 29.8 Å². The lowest BCUT2D eigenvalue weighted by atomic mass is 9.87. The van der Waals surface area contributed by atoms with Crippen LogP contribution in [-0.4, -0.2) is 65.6 Å². The number of β-amino-alcohol motifs (C(OH)–C–C–N with tert-alkyl or cyclic N) is 1. The minimum atomic E-state index is -0.582. The number of ether oxygens (including phenoxy) is 1. The van der Waals surface area contributed by atoms with Crippen molar-refractivity contribution < 1.29 is 19.4 Å². The molecule has 2 aliphatic rings. The van der Waals surface area contributed by atoms with Crippen molar-refractivity contribution in [3.05, 3.63) is 77.4 Å². The number of carbonyl (C=O) groups excluding carboxylic acids is 2. The van der Waals surface area contributed by atoms with Crippen molar-refractivity contribution in [2.24, 2.45) is 5.92 Å². The second-order valence-corrected chi connectivity index (χ2v) is 11.4. The molecule has 1 N–H and O–H groups in total. The third-order valence-corrected chi connectivity index (χ3v) is 7.64. The summed E-state index contributed by atoms with van der Waals surface area (Å²) in [4.78, 5) is 30.1. The van der Waals surface area contributed by atoms with E-state index in [9.17, 15) is 14.7 Å². The first-order valence-electron chi connectivity index (χ1n) is 13.2. The smallest absolute Gasteiger partial charge is 0.261 e. The van der Waals surface area contributed by atoms with Crippen molar-refractivity contribution in [3.8, 4) is 5.75 Å². The number of piperidine rings is 1. The predicted octanol–water partition coefficient (Wildman–Crippen LogP) is 4.89. The van der Waals surface area contributed by atoms with Crippen molar-refractivity contribution in [2.75, 3.05) is 32.8 Å². The molecule has 3 aromatic carbocycles. The minimum absolute atomic E-state index is 0.0945. The number of nitrogens with zero attached hydrogens (tertiary/aromatic N) is 2. The van der Waals surface area contributed by atoms with E-state index in [1.54, 1.807) is 0 Å². The van der Waals surface area contributed by atoms with E-state index in [0.29, 0.717) is 24.2 Å². The van der Waals surface area contributed by atoms with E-state index >= 15 is 0 Å². The number of aliphatic hydroxyl groups excluding tert-OH is 1. The van der Waals surface area contributed by atoms with Gasteiger partial charge in [0.25, 0.3) is 11.8 Å². The molecule has 1 saturated heterocycles. The number of hydrogen-bond donors (Lipinski definition) is 1. The van der Waals surface area contributed by atoms with Crippen molar-refractivity contribution in [1.29, 1.82) is 0 Å². The summed E-state index contributed by atoms with van der Waals surface area (Å²) in [6.45, 7) is 9.41. The summed E-state index contributed by atoms with van der Waals surface area (Å²) in [5.74, 6) is 0.627. The zero-order valence-corrected chi connectivity index (χ0v) is 21.9. The molecule has 37 heavy (non-hydrogen) atoms. The molecular weight excluding hydrogens is 464 g/mol. The zero-order valence-electron chi connectivity index (χ0n) is 21.9. The molecule has 3 aromatic rings. The van der Waals surface area contributed by atoms with Crippen LogP contribution in [0.5, 0.6) is 5.75 Å². The Hall–Kier alpha value is -3.22.